The summed E-state index contributed by atoms with van der Waals surface area (Å²) in [6.45, 7) is 0.376. The Bertz CT molecular complexity index is 456. The Morgan fingerprint density at radius 2 is 1.94 bits per heavy atom. The zero-order valence-electron chi connectivity index (χ0n) is 9.11. The third-order valence-electron chi connectivity index (χ3n) is 2.02. The van der Waals surface area contributed by atoms with Crippen LogP contribution in [0.2, 0.25) is 0 Å². The fourth-order valence-electron chi connectivity index (χ4n) is 1.26. The Kier molecular flexibility index (Phi) is 3.82. The van der Waals surface area contributed by atoms with Gasteiger partial charge in [-0.25, -0.2) is 5.48 Å². The first kappa shape index (κ1) is 11.3. The number of hydrogen-bond acceptors (Lipinski definition) is 4. The molecular weight excluding hydrogens is 220 g/mol. The van der Waals surface area contributed by atoms with Crippen molar-refractivity contribution in [1.82, 2.24) is 20.5 Å². The van der Waals surface area contributed by atoms with Crippen LogP contribution in [0.25, 0.3) is 0 Å². The molecular formula is C11H12N4O2. The van der Waals surface area contributed by atoms with Crippen LogP contribution in [-0.4, -0.2) is 20.9 Å². The number of hydroxylamine groups is 1. The van der Waals surface area contributed by atoms with E-state index in [1.165, 1.54) is 17.2 Å². The maximum Gasteiger partial charge on any atom is 0.267 e. The monoisotopic (exact) mass is 232 g/mol. The van der Waals surface area contributed by atoms with Crippen molar-refractivity contribution in [2.75, 3.05) is 0 Å². The van der Waals surface area contributed by atoms with Gasteiger partial charge in [0.2, 0.25) is 0 Å². The molecule has 0 spiro atoms. The second-order valence-corrected chi connectivity index (χ2v) is 3.36. The van der Waals surface area contributed by atoms with Crippen molar-refractivity contribution < 1.29 is 9.63 Å². The predicted molar refractivity (Wildman–Crippen MR) is 59.4 cm³/mol. The average molecular weight is 232 g/mol. The molecule has 1 aromatic carbocycles. The molecule has 0 atom stereocenters. The fourth-order valence-corrected chi connectivity index (χ4v) is 1.26. The minimum atomic E-state index is -0.294. The van der Waals surface area contributed by atoms with E-state index < -0.39 is 0 Å². The molecule has 0 aliphatic rings. The second kappa shape index (κ2) is 5.76. The maximum atomic E-state index is 11.4. The number of hydrogen-bond donors (Lipinski definition) is 1. The summed E-state index contributed by atoms with van der Waals surface area (Å²) in [5.74, 6) is -0.294. The number of nitrogens with zero attached hydrogens (tertiary/aromatic N) is 3. The van der Waals surface area contributed by atoms with Gasteiger partial charge in [-0.2, -0.15) is 15.0 Å². The van der Waals surface area contributed by atoms with Crippen LogP contribution in [-0.2, 0) is 22.8 Å². The molecule has 6 heteroatoms. The summed E-state index contributed by atoms with van der Waals surface area (Å²) in [5.41, 5.74) is 3.32. The topological polar surface area (TPSA) is 69.0 Å². The molecule has 1 N–H and O–H groups in total. The molecule has 0 bridgehead atoms. The third-order valence-corrected chi connectivity index (χ3v) is 2.02. The van der Waals surface area contributed by atoms with Crippen LogP contribution >= 0.6 is 0 Å². The van der Waals surface area contributed by atoms with E-state index in [9.17, 15) is 4.79 Å². The summed E-state index contributed by atoms with van der Waals surface area (Å²) in [5, 5.41) is 7.62. The molecule has 0 saturated heterocycles. The molecule has 0 unspecified atom stereocenters. The molecule has 1 amide bonds. The van der Waals surface area contributed by atoms with Gasteiger partial charge in [0.15, 0.2) is 0 Å². The van der Waals surface area contributed by atoms with E-state index in [2.05, 4.69) is 15.7 Å². The third kappa shape index (κ3) is 3.69. The molecule has 0 aliphatic heterocycles. The number of nitrogens with one attached hydrogen (secondary N) is 1. The van der Waals surface area contributed by atoms with Crippen molar-refractivity contribution in [3.8, 4) is 0 Å². The number of benzene rings is 1. The van der Waals surface area contributed by atoms with Crippen molar-refractivity contribution in [1.29, 1.82) is 0 Å². The van der Waals surface area contributed by atoms with Gasteiger partial charge >= 0.3 is 0 Å². The fraction of sp³-hybridized carbons (Fsp3) is 0.182. The molecule has 0 fully saturated rings. The summed E-state index contributed by atoms with van der Waals surface area (Å²) >= 11 is 0. The van der Waals surface area contributed by atoms with Gasteiger partial charge in [0.05, 0.1) is 19.0 Å². The minimum absolute atomic E-state index is 0.0434. The van der Waals surface area contributed by atoms with Crippen LogP contribution in [0.4, 0.5) is 0 Å². The number of rotatable bonds is 5. The summed E-state index contributed by atoms with van der Waals surface area (Å²) in [6, 6.07) is 9.58. The number of carbonyl (C=O) groups excluding carboxylic acids is 1. The first-order valence-electron chi connectivity index (χ1n) is 5.13. The van der Waals surface area contributed by atoms with Gasteiger partial charge in [-0.05, 0) is 5.56 Å². The minimum Gasteiger partial charge on any atom is -0.271 e. The van der Waals surface area contributed by atoms with Crippen LogP contribution in [0.15, 0.2) is 42.7 Å². The normalized spacial score (nSPS) is 10.1. The van der Waals surface area contributed by atoms with Crippen LogP contribution < -0.4 is 5.48 Å². The lowest BCUT2D eigenvalue weighted by Gasteiger charge is -2.05. The highest BCUT2D eigenvalue weighted by Crippen LogP contribution is 1.98. The molecule has 88 valence electrons. The average Bonchev–Trinajstić information content (AvgIpc) is 2.83. The Labute approximate surface area is 98.2 Å². The molecule has 2 rings (SSSR count). The van der Waals surface area contributed by atoms with Crippen LogP contribution in [0, 0.1) is 0 Å². The van der Waals surface area contributed by atoms with Crippen molar-refractivity contribution in [2.45, 2.75) is 13.2 Å². The highest BCUT2D eigenvalue weighted by Gasteiger charge is 2.03. The smallest absolute Gasteiger partial charge is 0.267 e. The largest absolute Gasteiger partial charge is 0.271 e. The number of aromatic nitrogens is 3. The van der Waals surface area contributed by atoms with Crippen LogP contribution in [0.5, 0.6) is 0 Å². The Morgan fingerprint density at radius 3 is 2.65 bits per heavy atom. The first-order valence-corrected chi connectivity index (χ1v) is 5.13. The van der Waals surface area contributed by atoms with E-state index in [1.54, 1.807) is 0 Å². The van der Waals surface area contributed by atoms with E-state index in [0.29, 0.717) is 6.61 Å². The first-order chi connectivity index (χ1) is 8.34. The van der Waals surface area contributed by atoms with Gasteiger partial charge in [-0.15, -0.1) is 0 Å². The molecule has 1 heterocycles. The highest BCUT2D eigenvalue weighted by molar-refractivity contribution is 5.74. The van der Waals surface area contributed by atoms with E-state index in [0.717, 1.165) is 5.56 Å². The molecule has 0 saturated carbocycles. The molecule has 1 aromatic heterocycles. The van der Waals surface area contributed by atoms with Crippen LogP contribution in [0.1, 0.15) is 5.56 Å². The lowest BCUT2D eigenvalue weighted by atomic mass is 10.2. The van der Waals surface area contributed by atoms with Gasteiger partial charge < -0.3 is 0 Å². The SMILES string of the molecule is O=C(Cn1nccn1)NOCc1ccccc1. The van der Waals surface area contributed by atoms with Gasteiger partial charge in [0.25, 0.3) is 5.91 Å². The summed E-state index contributed by atoms with van der Waals surface area (Å²) in [7, 11) is 0. The van der Waals surface area contributed by atoms with E-state index >= 15 is 0 Å². The van der Waals surface area contributed by atoms with E-state index in [4.69, 9.17) is 4.84 Å². The van der Waals surface area contributed by atoms with Crippen molar-refractivity contribution in [3.05, 3.63) is 48.3 Å². The van der Waals surface area contributed by atoms with Crippen molar-refractivity contribution >= 4 is 5.91 Å². The van der Waals surface area contributed by atoms with Gasteiger partial charge in [-0.1, -0.05) is 30.3 Å². The van der Waals surface area contributed by atoms with Gasteiger partial charge in [0.1, 0.15) is 6.54 Å². The zero-order chi connectivity index (χ0) is 11.9. The standard InChI is InChI=1S/C11H12N4O2/c16-11(8-15-12-6-7-13-15)14-17-9-10-4-2-1-3-5-10/h1-7H,8-9H2,(H,14,16). The second-order valence-electron chi connectivity index (χ2n) is 3.36. The van der Waals surface area contributed by atoms with Gasteiger partial charge in [-0.3, -0.25) is 9.63 Å². The summed E-state index contributed by atoms with van der Waals surface area (Å²) in [6.07, 6.45) is 3.02. The molecule has 2 aromatic rings. The Balaban J connectivity index is 1.70. The number of amides is 1. The van der Waals surface area contributed by atoms with E-state index in [-0.39, 0.29) is 12.5 Å². The van der Waals surface area contributed by atoms with Crippen molar-refractivity contribution in [2.24, 2.45) is 0 Å². The Morgan fingerprint density at radius 1 is 1.24 bits per heavy atom. The summed E-state index contributed by atoms with van der Waals surface area (Å²) < 4.78 is 0. The van der Waals surface area contributed by atoms with E-state index in [1.807, 2.05) is 30.3 Å². The van der Waals surface area contributed by atoms with Crippen molar-refractivity contribution in [3.63, 3.8) is 0 Å². The summed E-state index contributed by atoms with van der Waals surface area (Å²) in [4.78, 5) is 17.7. The maximum absolute atomic E-state index is 11.4. The van der Waals surface area contributed by atoms with Crippen LogP contribution in [0.3, 0.4) is 0 Å². The quantitative estimate of drug-likeness (QED) is 0.763. The Hall–Kier alpha value is -2.21. The number of carbonyl (C=O) groups is 1. The molecule has 0 aliphatic carbocycles. The zero-order valence-corrected chi connectivity index (χ0v) is 9.11. The lowest BCUT2D eigenvalue weighted by Crippen LogP contribution is -2.28. The highest BCUT2D eigenvalue weighted by atomic mass is 16.6. The van der Waals surface area contributed by atoms with Gasteiger partial charge in [0, 0.05) is 0 Å². The molecule has 6 nitrogen and oxygen atoms in total. The predicted octanol–water partition coefficient (Wildman–Crippen LogP) is 0.526. The lowest BCUT2D eigenvalue weighted by molar-refractivity contribution is -0.135. The molecule has 0 radical (unpaired) electrons. The molecule has 17 heavy (non-hydrogen) atoms.